The second-order valence-corrected chi connectivity index (χ2v) is 7.95. The largest absolute Gasteiger partial charge is 0.399 e. The molecule has 2 aromatic carbocycles. The topological polar surface area (TPSA) is 26.0 Å². The van der Waals surface area contributed by atoms with Crippen LogP contribution in [0.15, 0.2) is 63.3 Å². The number of benzene rings is 2. The summed E-state index contributed by atoms with van der Waals surface area (Å²) in [5, 5.41) is 0. The fourth-order valence-corrected chi connectivity index (χ4v) is 4.23. The van der Waals surface area contributed by atoms with E-state index < -0.39 is 0 Å². The zero-order chi connectivity index (χ0) is 14.8. The van der Waals surface area contributed by atoms with Crippen LogP contribution in [0.1, 0.15) is 0 Å². The van der Waals surface area contributed by atoms with Crippen LogP contribution in [-0.4, -0.2) is 6.26 Å². The summed E-state index contributed by atoms with van der Waals surface area (Å²) >= 11 is 7.12. The summed E-state index contributed by atoms with van der Waals surface area (Å²) in [4.78, 5) is 2.54. The van der Waals surface area contributed by atoms with Gasteiger partial charge in [-0.15, -0.1) is 23.1 Å². The zero-order valence-electron chi connectivity index (χ0n) is 11.5. The predicted octanol–water partition coefficient (Wildman–Crippen LogP) is 6.15. The third kappa shape index (κ3) is 3.18. The first-order chi connectivity index (χ1) is 10.2. The van der Waals surface area contributed by atoms with E-state index in [0.29, 0.717) is 0 Å². The maximum atomic E-state index is 5.78. The van der Waals surface area contributed by atoms with E-state index in [0.717, 1.165) is 9.47 Å². The predicted molar refractivity (Wildman–Crippen MR) is 99.1 cm³/mol. The monoisotopic (exact) mass is 375 g/mol. The Kier molecular flexibility index (Phi) is 4.38. The minimum absolute atomic E-state index is 0.792. The first kappa shape index (κ1) is 14.7. The molecule has 0 unspecified atom stereocenters. The minimum Gasteiger partial charge on any atom is -0.399 e. The molecule has 21 heavy (non-hydrogen) atoms. The number of thiophene rings is 1. The number of halogens is 1. The molecule has 0 aliphatic heterocycles. The molecule has 0 saturated heterocycles. The number of nitrogens with two attached hydrogens (primary N) is 1. The van der Waals surface area contributed by atoms with Crippen molar-refractivity contribution in [2.45, 2.75) is 4.90 Å². The number of hydrogen-bond donors (Lipinski definition) is 1. The fourth-order valence-electron chi connectivity index (χ4n) is 2.19. The van der Waals surface area contributed by atoms with Crippen molar-refractivity contribution in [1.29, 1.82) is 0 Å². The van der Waals surface area contributed by atoms with Gasteiger partial charge in [0.1, 0.15) is 0 Å². The Morgan fingerprint density at radius 3 is 2.19 bits per heavy atom. The number of thioether (sulfide) groups is 1. The van der Waals surface area contributed by atoms with Gasteiger partial charge in [0, 0.05) is 21.0 Å². The molecule has 0 aliphatic carbocycles. The highest BCUT2D eigenvalue weighted by Crippen LogP contribution is 2.41. The van der Waals surface area contributed by atoms with Crippen molar-refractivity contribution in [3.63, 3.8) is 0 Å². The van der Waals surface area contributed by atoms with Crippen LogP contribution in [0.5, 0.6) is 0 Å². The number of nitrogen functional groups attached to an aromatic ring is 1. The van der Waals surface area contributed by atoms with E-state index in [1.165, 1.54) is 26.5 Å². The summed E-state index contributed by atoms with van der Waals surface area (Å²) in [6, 6.07) is 18.9. The Labute approximate surface area is 141 Å². The van der Waals surface area contributed by atoms with Crippen molar-refractivity contribution in [3.8, 4) is 21.6 Å². The van der Waals surface area contributed by atoms with E-state index in [9.17, 15) is 0 Å². The standard InChI is InChI=1S/C17H14BrNS2/c1-20-14-8-4-11(5-9-14)15-10-16(18)21-17(15)12-2-6-13(19)7-3-12/h2-10H,19H2,1H3. The molecule has 4 heteroatoms. The molecule has 1 heterocycles. The maximum absolute atomic E-state index is 5.78. The fraction of sp³-hybridized carbons (Fsp3) is 0.0588. The van der Waals surface area contributed by atoms with Crippen molar-refractivity contribution < 1.29 is 0 Å². The Morgan fingerprint density at radius 2 is 1.57 bits per heavy atom. The van der Waals surface area contributed by atoms with E-state index in [1.807, 2.05) is 12.1 Å². The lowest BCUT2D eigenvalue weighted by atomic mass is 10.0. The minimum atomic E-state index is 0.792. The van der Waals surface area contributed by atoms with Gasteiger partial charge in [-0.05, 0) is 63.6 Å². The van der Waals surface area contributed by atoms with Crippen LogP contribution in [-0.2, 0) is 0 Å². The molecule has 3 rings (SSSR count). The van der Waals surface area contributed by atoms with Crippen LogP contribution < -0.4 is 5.73 Å². The maximum Gasteiger partial charge on any atom is 0.0711 e. The Bertz CT molecular complexity index is 745. The zero-order valence-corrected chi connectivity index (χ0v) is 14.7. The molecule has 1 nitrogen and oxygen atoms in total. The lowest BCUT2D eigenvalue weighted by Crippen LogP contribution is -1.84. The van der Waals surface area contributed by atoms with Gasteiger partial charge < -0.3 is 5.73 Å². The second-order valence-electron chi connectivity index (χ2n) is 4.64. The first-order valence-electron chi connectivity index (χ1n) is 6.47. The molecule has 0 saturated carbocycles. The molecule has 0 fully saturated rings. The van der Waals surface area contributed by atoms with Gasteiger partial charge in [0.25, 0.3) is 0 Å². The summed E-state index contributed by atoms with van der Waals surface area (Å²) in [5.41, 5.74) is 10.3. The highest BCUT2D eigenvalue weighted by molar-refractivity contribution is 9.11. The van der Waals surface area contributed by atoms with Crippen molar-refractivity contribution in [3.05, 3.63) is 58.4 Å². The lowest BCUT2D eigenvalue weighted by Gasteiger charge is -2.06. The van der Waals surface area contributed by atoms with Crippen LogP contribution in [0.4, 0.5) is 5.69 Å². The van der Waals surface area contributed by atoms with E-state index in [2.05, 4.69) is 64.7 Å². The Hall–Kier alpha value is -1.23. The molecule has 0 bridgehead atoms. The van der Waals surface area contributed by atoms with E-state index in [4.69, 9.17) is 5.73 Å². The highest BCUT2D eigenvalue weighted by atomic mass is 79.9. The molecule has 0 aliphatic rings. The van der Waals surface area contributed by atoms with Gasteiger partial charge >= 0.3 is 0 Å². The molecule has 2 N–H and O–H groups in total. The van der Waals surface area contributed by atoms with Crippen molar-refractivity contribution in [2.24, 2.45) is 0 Å². The van der Waals surface area contributed by atoms with Gasteiger partial charge in [-0.2, -0.15) is 0 Å². The number of hydrogen-bond acceptors (Lipinski definition) is 3. The highest BCUT2D eigenvalue weighted by Gasteiger charge is 2.12. The Morgan fingerprint density at radius 1 is 0.952 bits per heavy atom. The molecular weight excluding hydrogens is 362 g/mol. The normalized spacial score (nSPS) is 10.8. The SMILES string of the molecule is CSc1ccc(-c2cc(Br)sc2-c2ccc(N)cc2)cc1. The number of anilines is 1. The smallest absolute Gasteiger partial charge is 0.0711 e. The molecule has 106 valence electrons. The molecule has 0 radical (unpaired) electrons. The number of rotatable bonds is 3. The van der Waals surface area contributed by atoms with Crippen LogP contribution >= 0.6 is 39.0 Å². The van der Waals surface area contributed by atoms with Crippen LogP contribution in [0.2, 0.25) is 0 Å². The van der Waals surface area contributed by atoms with Crippen molar-refractivity contribution in [2.75, 3.05) is 12.0 Å². The lowest BCUT2D eigenvalue weighted by molar-refractivity contribution is 1.47. The molecule has 0 atom stereocenters. The van der Waals surface area contributed by atoms with Gasteiger partial charge in [-0.25, -0.2) is 0 Å². The molecule has 1 aromatic heterocycles. The average molecular weight is 376 g/mol. The quantitative estimate of drug-likeness (QED) is 0.438. The van der Waals surface area contributed by atoms with Gasteiger partial charge in [-0.3, -0.25) is 0 Å². The van der Waals surface area contributed by atoms with Gasteiger partial charge in [0.2, 0.25) is 0 Å². The van der Waals surface area contributed by atoms with E-state index in [-0.39, 0.29) is 0 Å². The third-order valence-electron chi connectivity index (χ3n) is 3.28. The summed E-state index contributed by atoms with van der Waals surface area (Å²) in [7, 11) is 0. The first-order valence-corrected chi connectivity index (χ1v) is 9.30. The second kappa shape index (κ2) is 6.26. The van der Waals surface area contributed by atoms with Crippen molar-refractivity contribution >= 4 is 44.7 Å². The summed E-state index contributed by atoms with van der Waals surface area (Å²) in [5.74, 6) is 0. The molecule has 0 spiro atoms. The van der Waals surface area contributed by atoms with Crippen LogP contribution in [0.3, 0.4) is 0 Å². The van der Waals surface area contributed by atoms with Gasteiger partial charge in [0.05, 0.1) is 3.79 Å². The third-order valence-corrected chi connectivity index (χ3v) is 5.71. The van der Waals surface area contributed by atoms with Crippen molar-refractivity contribution in [1.82, 2.24) is 0 Å². The van der Waals surface area contributed by atoms with E-state index in [1.54, 1.807) is 23.1 Å². The average Bonchev–Trinajstić information content (AvgIpc) is 2.90. The van der Waals surface area contributed by atoms with E-state index >= 15 is 0 Å². The summed E-state index contributed by atoms with van der Waals surface area (Å²) < 4.78 is 1.14. The van der Waals surface area contributed by atoms with Gasteiger partial charge in [-0.1, -0.05) is 24.3 Å². The summed E-state index contributed by atoms with van der Waals surface area (Å²) in [6.07, 6.45) is 2.09. The van der Waals surface area contributed by atoms with Gasteiger partial charge in [0.15, 0.2) is 0 Å². The molecule has 3 aromatic rings. The summed E-state index contributed by atoms with van der Waals surface area (Å²) in [6.45, 7) is 0. The van der Waals surface area contributed by atoms with Crippen LogP contribution in [0.25, 0.3) is 21.6 Å². The Balaban J connectivity index is 2.08. The molecular formula is C17H14BrNS2. The van der Waals surface area contributed by atoms with Crippen LogP contribution in [0, 0.1) is 0 Å². The molecule has 0 amide bonds.